The van der Waals surface area contributed by atoms with E-state index in [-0.39, 0.29) is 18.5 Å². The molecule has 168 valence electrons. The van der Waals surface area contributed by atoms with Crippen molar-refractivity contribution in [2.45, 2.75) is 45.0 Å². The number of rotatable bonds is 8. The summed E-state index contributed by atoms with van der Waals surface area (Å²) in [5.74, 6) is -0.0264. The third-order valence-corrected chi connectivity index (χ3v) is 5.75. The molecule has 1 saturated carbocycles. The summed E-state index contributed by atoms with van der Waals surface area (Å²) in [6, 6.07) is 14.1. The highest BCUT2D eigenvalue weighted by atomic mass is 79.9. The van der Waals surface area contributed by atoms with Gasteiger partial charge in [-0.2, -0.15) is 5.10 Å². The van der Waals surface area contributed by atoms with Gasteiger partial charge in [0.2, 0.25) is 0 Å². The summed E-state index contributed by atoms with van der Waals surface area (Å²) in [5.41, 5.74) is 1.85. The number of aromatic nitrogens is 2. The SMILES string of the molecule is COC(=O)C(C)(C)OCc1cc(-c2cccc(OC3CC3)c2)n(-c2ccc(F)cc2Br)n1. The van der Waals surface area contributed by atoms with Gasteiger partial charge >= 0.3 is 5.97 Å². The van der Waals surface area contributed by atoms with Gasteiger partial charge in [-0.15, -0.1) is 0 Å². The summed E-state index contributed by atoms with van der Waals surface area (Å²) in [4.78, 5) is 11.9. The molecule has 0 N–H and O–H groups in total. The molecular weight excluding hydrogens is 479 g/mol. The van der Waals surface area contributed by atoms with Crippen LogP contribution in [-0.2, 0) is 20.9 Å². The fourth-order valence-electron chi connectivity index (χ4n) is 3.21. The van der Waals surface area contributed by atoms with Crippen LogP contribution in [0.2, 0.25) is 0 Å². The van der Waals surface area contributed by atoms with Crippen LogP contribution in [0.15, 0.2) is 53.0 Å². The van der Waals surface area contributed by atoms with Crippen molar-refractivity contribution in [3.8, 4) is 22.7 Å². The van der Waals surface area contributed by atoms with Gasteiger partial charge in [0, 0.05) is 10.0 Å². The molecule has 0 radical (unpaired) electrons. The van der Waals surface area contributed by atoms with Gasteiger partial charge < -0.3 is 14.2 Å². The Kier molecular flexibility index (Phi) is 6.35. The number of hydrogen-bond donors (Lipinski definition) is 0. The normalized spacial score (nSPS) is 13.8. The van der Waals surface area contributed by atoms with Gasteiger partial charge in [0.1, 0.15) is 11.6 Å². The minimum absolute atomic E-state index is 0.0964. The van der Waals surface area contributed by atoms with E-state index in [2.05, 4.69) is 21.0 Å². The van der Waals surface area contributed by atoms with E-state index in [1.807, 2.05) is 30.3 Å². The highest BCUT2D eigenvalue weighted by molar-refractivity contribution is 9.10. The third-order valence-electron chi connectivity index (χ3n) is 5.11. The van der Waals surface area contributed by atoms with E-state index in [1.165, 1.54) is 19.2 Å². The van der Waals surface area contributed by atoms with Crippen molar-refractivity contribution in [1.29, 1.82) is 0 Å². The second kappa shape index (κ2) is 9.03. The summed E-state index contributed by atoms with van der Waals surface area (Å²) < 4.78 is 32.5. The summed E-state index contributed by atoms with van der Waals surface area (Å²) in [6.45, 7) is 3.39. The van der Waals surface area contributed by atoms with Crippen LogP contribution in [0.4, 0.5) is 4.39 Å². The number of ether oxygens (including phenoxy) is 3. The molecule has 1 aliphatic carbocycles. The lowest BCUT2D eigenvalue weighted by Crippen LogP contribution is -2.35. The molecule has 1 heterocycles. The van der Waals surface area contributed by atoms with Crippen molar-refractivity contribution in [2.75, 3.05) is 7.11 Å². The minimum Gasteiger partial charge on any atom is -0.490 e. The van der Waals surface area contributed by atoms with Crippen molar-refractivity contribution in [3.05, 3.63) is 64.5 Å². The first-order chi connectivity index (χ1) is 15.3. The Balaban J connectivity index is 1.71. The molecule has 32 heavy (non-hydrogen) atoms. The van der Waals surface area contributed by atoms with Gasteiger partial charge in [-0.3, -0.25) is 0 Å². The predicted octanol–water partition coefficient (Wildman–Crippen LogP) is 5.45. The summed E-state index contributed by atoms with van der Waals surface area (Å²) in [5, 5.41) is 4.68. The monoisotopic (exact) mass is 502 g/mol. The van der Waals surface area contributed by atoms with Crippen LogP contribution in [-0.4, -0.2) is 34.6 Å². The van der Waals surface area contributed by atoms with E-state index in [1.54, 1.807) is 24.6 Å². The molecule has 3 aromatic rings. The van der Waals surface area contributed by atoms with Crippen LogP contribution < -0.4 is 4.74 Å². The number of hydrogen-bond acceptors (Lipinski definition) is 5. The summed E-state index contributed by atoms with van der Waals surface area (Å²) in [7, 11) is 1.32. The van der Waals surface area contributed by atoms with Gasteiger partial charge in [-0.25, -0.2) is 13.9 Å². The fraction of sp³-hybridized carbons (Fsp3) is 0.333. The second-order valence-corrected chi connectivity index (χ2v) is 9.02. The number of carbonyl (C=O) groups excluding carboxylic acids is 1. The number of methoxy groups -OCH3 is 1. The van der Waals surface area contributed by atoms with Crippen molar-refractivity contribution < 1.29 is 23.4 Å². The van der Waals surface area contributed by atoms with Crippen molar-refractivity contribution in [2.24, 2.45) is 0 Å². The van der Waals surface area contributed by atoms with Crippen molar-refractivity contribution in [1.82, 2.24) is 9.78 Å². The van der Waals surface area contributed by atoms with E-state index in [0.29, 0.717) is 15.9 Å². The second-order valence-electron chi connectivity index (χ2n) is 8.16. The van der Waals surface area contributed by atoms with E-state index < -0.39 is 11.6 Å². The Morgan fingerprint density at radius 2 is 2.00 bits per heavy atom. The zero-order valence-electron chi connectivity index (χ0n) is 18.1. The van der Waals surface area contributed by atoms with Crippen LogP contribution in [0.3, 0.4) is 0 Å². The number of halogens is 2. The molecule has 0 atom stereocenters. The zero-order valence-corrected chi connectivity index (χ0v) is 19.7. The Hall–Kier alpha value is -2.71. The third kappa shape index (κ3) is 5.02. The van der Waals surface area contributed by atoms with Crippen LogP contribution in [0, 0.1) is 5.82 Å². The largest absolute Gasteiger partial charge is 0.490 e. The first kappa shape index (κ1) is 22.5. The average Bonchev–Trinajstić information content (AvgIpc) is 3.47. The molecule has 1 aliphatic rings. The smallest absolute Gasteiger partial charge is 0.337 e. The summed E-state index contributed by atoms with van der Waals surface area (Å²) in [6.07, 6.45) is 2.43. The number of nitrogens with zero attached hydrogens (tertiary/aromatic N) is 2. The van der Waals surface area contributed by atoms with Gasteiger partial charge in [-0.1, -0.05) is 12.1 Å². The predicted molar refractivity (Wildman–Crippen MR) is 121 cm³/mol. The Morgan fingerprint density at radius 3 is 2.69 bits per heavy atom. The molecule has 0 bridgehead atoms. The fourth-order valence-corrected chi connectivity index (χ4v) is 3.73. The minimum atomic E-state index is -1.12. The highest BCUT2D eigenvalue weighted by Crippen LogP contribution is 2.33. The lowest BCUT2D eigenvalue weighted by Gasteiger charge is -2.21. The average molecular weight is 503 g/mol. The highest BCUT2D eigenvalue weighted by Gasteiger charge is 2.30. The van der Waals surface area contributed by atoms with Crippen LogP contribution >= 0.6 is 15.9 Å². The molecule has 0 aliphatic heterocycles. The van der Waals surface area contributed by atoms with E-state index >= 15 is 0 Å². The molecule has 0 saturated heterocycles. The molecular formula is C24H24BrFN2O4. The zero-order chi connectivity index (χ0) is 22.9. The maximum absolute atomic E-state index is 13.7. The van der Waals surface area contributed by atoms with Crippen molar-refractivity contribution >= 4 is 21.9 Å². The van der Waals surface area contributed by atoms with E-state index in [9.17, 15) is 9.18 Å². The van der Waals surface area contributed by atoms with Gasteiger partial charge in [0.15, 0.2) is 5.60 Å². The van der Waals surface area contributed by atoms with E-state index in [0.717, 1.165) is 29.8 Å². The van der Waals surface area contributed by atoms with Crippen LogP contribution in [0.25, 0.3) is 16.9 Å². The lowest BCUT2D eigenvalue weighted by molar-refractivity contribution is -0.166. The maximum atomic E-state index is 13.7. The molecule has 1 fully saturated rings. The Labute approximate surface area is 194 Å². The van der Waals surface area contributed by atoms with E-state index in [4.69, 9.17) is 14.2 Å². The first-order valence-corrected chi connectivity index (χ1v) is 11.1. The first-order valence-electron chi connectivity index (χ1n) is 10.3. The molecule has 0 spiro atoms. The standard InChI is InChI=1S/C24H24BrFN2O4/c1-24(2,23(29)30-3)31-14-17-13-22(15-5-4-6-19(11-15)32-18-8-9-18)28(27-17)21-10-7-16(26)12-20(21)25/h4-7,10-13,18H,8-9,14H2,1-3H3. The number of benzene rings is 2. The summed E-state index contributed by atoms with van der Waals surface area (Å²) >= 11 is 3.44. The van der Waals surface area contributed by atoms with Crippen molar-refractivity contribution in [3.63, 3.8) is 0 Å². The van der Waals surface area contributed by atoms with Crippen LogP contribution in [0.5, 0.6) is 5.75 Å². The molecule has 6 nitrogen and oxygen atoms in total. The molecule has 8 heteroatoms. The van der Waals surface area contributed by atoms with Gasteiger partial charge in [0.25, 0.3) is 0 Å². The molecule has 1 aromatic heterocycles. The molecule has 4 rings (SSSR count). The molecule has 0 amide bonds. The lowest BCUT2D eigenvalue weighted by atomic mass is 10.1. The molecule has 0 unspecified atom stereocenters. The van der Waals surface area contributed by atoms with Gasteiger partial charge in [-0.05, 0) is 79.0 Å². The van der Waals surface area contributed by atoms with Gasteiger partial charge in [0.05, 0.1) is 36.9 Å². The Morgan fingerprint density at radius 1 is 1.22 bits per heavy atom. The Bertz CT molecular complexity index is 1140. The topological polar surface area (TPSA) is 62.6 Å². The molecule has 2 aromatic carbocycles. The maximum Gasteiger partial charge on any atom is 0.337 e. The quantitative estimate of drug-likeness (QED) is 0.383. The van der Waals surface area contributed by atoms with Crippen LogP contribution in [0.1, 0.15) is 32.4 Å². The number of carbonyl (C=O) groups is 1. The number of esters is 1.